The van der Waals surface area contributed by atoms with E-state index in [2.05, 4.69) is 4.98 Å². The zero-order chi connectivity index (χ0) is 21.4. The summed E-state index contributed by atoms with van der Waals surface area (Å²) in [6.07, 6.45) is 1.22. The maximum atomic E-state index is 13.2. The van der Waals surface area contributed by atoms with Gasteiger partial charge in [-0.25, -0.2) is 0 Å². The molecule has 4 aromatic rings. The van der Waals surface area contributed by atoms with Gasteiger partial charge in [-0.15, -0.1) is 0 Å². The molecular weight excluding hydrogens is 386 g/mol. The predicted octanol–water partition coefficient (Wildman–Crippen LogP) is 1.95. The summed E-state index contributed by atoms with van der Waals surface area (Å²) in [5.74, 6) is -2.17. The van der Waals surface area contributed by atoms with Crippen molar-refractivity contribution >= 4 is 22.5 Å². The first-order valence-corrected chi connectivity index (χ1v) is 9.28. The Bertz CT molecular complexity index is 1400. The van der Waals surface area contributed by atoms with E-state index >= 15 is 0 Å². The summed E-state index contributed by atoms with van der Waals surface area (Å²) in [4.78, 5) is 42.6. The Morgan fingerprint density at radius 2 is 1.87 bits per heavy atom. The lowest BCUT2D eigenvalue weighted by Crippen LogP contribution is -2.30. The van der Waals surface area contributed by atoms with E-state index in [0.29, 0.717) is 5.52 Å². The molecule has 0 saturated heterocycles. The molecule has 8 nitrogen and oxygen atoms in total. The van der Waals surface area contributed by atoms with Crippen molar-refractivity contribution in [2.75, 3.05) is 7.11 Å². The van der Waals surface area contributed by atoms with Crippen LogP contribution in [0.5, 0.6) is 5.88 Å². The lowest BCUT2D eigenvalue weighted by molar-refractivity contribution is -0.140. The van der Waals surface area contributed by atoms with Crippen LogP contribution in [0.25, 0.3) is 16.6 Å². The van der Waals surface area contributed by atoms with Crippen molar-refractivity contribution in [1.82, 2.24) is 14.0 Å². The number of fused-ring (bicyclic) bond motifs is 2. The summed E-state index contributed by atoms with van der Waals surface area (Å²) in [6.45, 7) is 0. The molecule has 1 unspecified atom stereocenters. The summed E-state index contributed by atoms with van der Waals surface area (Å²) in [5, 5.41) is 11.4. The van der Waals surface area contributed by atoms with Crippen LogP contribution in [0.4, 0.5) is 0 Å². The number of benzene rings is 1. The summed E-state index contributed by atoms with van der Waals surface area (Å²) in [6, 6.07) is 13.8. The summed E-state index contributed by atoms with van der Waals surface area (Å²) < 4.78 is 7.51. The number of carbonyl (C=O) groups excluding carboxylic acids is 1. The van der Waals surface area contributed by atoms with Crippen LogP contribution in [0.1, 0.15) is 23.5 Å². The molecule has 0 amide bonds. The Morgan fingerprint density at radius 1 is 1.13 bits per heavy atom. The number of para-hydroxylation sites is 1. The second kappa shape index (κ2) is 7.47. The van der Waals surface area contributed by atoms with Gasteiger partial charge in [-0.05, 0) is 29.7 Å². The Hall–Kier alpha value is -3.94. The number of hydrogen-bond acceptors (Lipinski definition) is 6. The molecule has 1 aromatic carbocycles. The first-order valence-electron chi connectivity index (χ1n) is 9.28. The van der Waals surface area contributed by atoms with Gasteiger partial charge in [-0.2, -0.15) is 4.98 Å². The second-order valence-electron chi connectivity index (χ2n) is 6.94. The van der Waals surface area contributed by atoms with Crippen LogP contribution >= 0.6 is 0 Å². The Balaban J connectivity index is 2.04. The van der Waals surface area contributed by atoms with E-state index in [0.717, 1.165) is 5.39 Å². The van der Waals surface area contributed by atoms with Crippen LogP contribution in [0, 0.1) is 0 Å². The molecule has 30 heavy (non-hydrogen) atoms. The fourth-order valence-electron chi connectivity index (χ4n) is 3.71. The lowest BCUT2D eigenvalue weighted by atomic mass is 9.89. The maximum absolute atomic E-state index is 13.2. The highest BCUT2D eigenvalue weighted by Crippen LogP contribution is 2.31. The van der Waals surface area contributed by atoms with Crippen LogP contribution in [0.2, 0.25) is 0 Å². The number of rotatable bonds is 4. The van der Waals surface area contributed by atoms with Crippen molar-refractivity contribution in [3.63, 3.8) is 0 Å². The van der Waals surface area contributed by atoms with Crippen molar-refractivity contribution in [3.05, 3.63) is 86.6 Å². The number of ether oxygens (including phenoxy) is 1. The van der Waals surface area contributed by atoms with Gasteiger partial charge < -0.3 is 14.4 Å². The van der Waals surface area contributed by atoms with E-state index in [1.165, 1.54) is 22.3 Å². The van der Waals surface area contributed by atoms with Gasteiger partial charge in [0.05, 0.1) is 24.6 Å². The minimum absolute atomic E-state index is 0.128. The quantitative estimate of drug-likeness (QED) is 0.521. The first kappa shape index (κ1) is 19.4. The number of pyridine rings is 2. The monoisotopic (exact) mass is 405 g/mol. The van der Waals surface area contributed by atoms with Crippen LogP contribution in [0.3, 0.4) is 0 Å². The number of aryl methyl sites for hydroxylation is 1. The van der Waals surface area contributed by atoms with Crippen molar-refractivity contribution in [3.8, 4) is 5.88 Å². The molecule has 0 aliphatic rings. The largest absolute Gasteiger partial charge is 0.493 e. The van der Waals surface area contributed by atoms with Gasteiger partial charge >= 0.3 is 5.97 Å². The van der Waals surface area contributed by atoms with Gasteiger partial charge in [0.25, 0.3) is 11.1 Å². The van der Waals surface area contributed by atoms with Gasteiger partial charge in [0.1, 0.15) is 5.65 Å². The molecule has 0 saturated carbocycles. The van der Waals surface area contributed by atoms with Gasteiger partial charge in [0, 0.05) is 24.7 Å². The SMILES string of the molecule is COC(=O)CC(c1cc2ccccc2n(C)c1=O)c1c(O)nc2ccccn2c1=O. The van der Waals surface area contributed by atoms with E-state index in [9.17, 15) is 19.5 Å². The number of aromatic hydroxyl groups is 1. The molecule has 0 radical (unpaired) electrons. The molecule has 1 atom stereocenters. The minimum atomic E-state index is -1.03. The predicted molar refractivity (Wildman–Crippen MR) is 111 cm³/mol. The number of nitrogens with zero attached hydrogens (tertiary/aromatic N) is 3. The fourth-order valence-corrected chi connectivity index (χ4v) is 3.71. The van der Waals surface area contributed by atoms with E-state index in [1.807, 2.05) is 18.2 Å². The molecule has 3 heterocycles. The van der Waals surface area contributed by atoms with Crippen molar-refractivity contribution in [2.24, 2.45) is 7.05 Å². The average molecular weight is 405 g/mol. The first-order chi connectivity index (χ1) is 14.4. The molecule has 0 bridgehead atoms. The molecule has 4 rings (SSSR count). The Kier molecular flexibility index (Phi) is 4.83. The summed E-state index contributed by atoms with van der Waals surface area (Å²) in [7, 11) is 2.85. The zero-order valence-electron chi connectivity index (χ0n) is 16.4. The molecule has 152 valence electrons. The third-order valence-electron chi connectivity index (χ3n) is 5.23. The van der Waals surface area contributed by atoms with Gasteiger partial charge in [-0.1, -0.05) is 24.3 Å². The Labute approximate surface area is 170 Å². The number of aromatic nitrogens is 3. The normalized spacial score (nSPS) is 12.2. The highest BCUT2D eigenvalue weighted by Gasteiger charge is 2.29. The summed E-state index contributed by atoms with van der Waals surface area (Å²) >= 11 is 0. The molecule has 3 aromatic heterocycles. The molecule has 1 N–H and O–H groups in total. The molecule has 0 fully saturated rings. The standard InChI is InChI=1S/C22H19N3O5/c1-24-16-8-4-3-7-13(16)11-15(21(24)28)14(12-18(26)30-2)19-20(27)23-17-9-5-6-10-25(17)22(19)29/h3-11,14,27H,12H2,1-2H3. The van der Waals surface area contributed by atoms with E-state index in [1.54, 1.807) is 37.4 Å². The van der Waals surface area contributed by atoms with Gasteiger partial charge in [-0.3, -0.25) is 18.8 Å². The zero-order valence-corrected chi connectivity index (χ0v) is 16.4. The van der Waals surface area contributed by atoms with E-state index in [4.69, 9.17) is 4.74 Å². The minimum Gasteiger partial charge on any atom is -0.493 e. The lowest BCUT2D eigenvalue weighted by Gasteiger charge is -2.19. The van der Waals surface area contributed by atoms with Gasteiger partial charge in [0.15, 0.2) is 0 Å². The molecular formula is C22H19N3O5. The summed E-state index contributed by atoms with van der Waals surface area (Å²) in [5.41, 5.74) is 0.109. The van der Waals surface area contributed by atoms with Gasteiger partial charge in [0.2, 0.25) is 5.88 Å². The number of hydrogen-bond donors (Lipinski definition) is 1. The van der Waals surface area contributed by atoms with E-state index < -0.39 is 23.3 Å². The van der Waals surface area contributed by atoms with Crippen molar-refractivity contribution < 1.29 is 14.6 Å². The third-order valence-corrected chi connectivity index (χ3v) is 5.23. The highest BCUT2D eigenvalue weighted by atomic mass is 16.5. The van der Waals surface area contributed by atoms with Crippen LogP contribution in [-0.2, 0) is 16.6 Å². The second-order valence-corrected chi connectivity index (χ2v) is 6.94. The molecule has 0 aliphatic carbocycles. The number of methoxy groups -OCH3 is 1. The molecule has 0 spiro atoms. The van der Waals surface area contributed by atoms with Crippen LogP contribution in [-0.4, -0.2) is 32.1 Å². The van der Waals surface area contributed by atoms with Crippen molar-refractivity contribution in [1.29, 1.82) is 0 Å². The average Bonchev–Trinajstić information content (AvgIpc) is 2.75. The highest BCUT2D eigenvalue weighted by molar-refractivity contribution is 5.80. The Morgan fingerprint density at radius 3 is 2.63 bits per heavy atom. The molecule has 8 heteroatoms. The van der Waals surface area contributed by atoms with Crippen LogP contribution in [0.15, 0.2) is 64.3 Å². The fraction of sp³-hybridized carbons (Fsp3) is 0.182. The maximum Gasteiger partial charge on any atom is 0.306 e. The number of esters is 1. The topological polar surface area (TPSA) is 103 Å². The molecule has 0 aliphatic heterocycles. The smallest absolute Gasteiger partial charge is 0.306 e. The van der Waals surface area contributed by atoms with Crippen molar-refractivity contribution in [2.45, 2.75) is 12.3 Å². The number of carbonyl (C=O) groups is 1. The third kappa shape index (κ3) is 3.12. The van der Waals surface area contributed by atoms with E-state index in [-0.39, 0.29) is 28.8 Å². The van der Waals surface area contributed by atoms with Crippen LogP contribution < -0.4 is 11.1 Å².